The monoisotopic (exact) mass is 385 g/mol. The van der Waals surface area contributed by atoms with E-state index in [9.17, 15) is 9.59 Å². The fourth-order valence-corrected chi connectivity index (χ4v) is 3.82. The molecule has 0 saturated carbocycles. The zero-order valence-electron chi connectivity index (χ0n) is 14.9. The Bertz CT molecular complexity index is 608. The molecule has 1 saturated heterocycles. The van der Waals surface area contributed by atoms with Gasteiger partial charge in [0.25, 0.3) is 0 Å². The number of carbonyl (C=O) groups excluding carboxylic acids is 2. The first kappa shape index (κ1) is 20.0. The number of benzene rings is 1. The molecule has 0 bridgehead atoms. The Morgan fingerprint density at radius 1 is 1.20 bits per heavy atom. The molecule has 0 aliphatic carbocycles. The molecule has 1 fully saturated rings. The smallest absolute Gasteiger partial charge is 0.244 e. The van der Waals surface area contributed by atoms with Crippen molar-refractivity contribution in [2.75, 3.05) is 38.5 Å². The van der Waals surface area contributed by atoms with Gasteiger partial charge in [-0.25, -0.2) is 0 Å². The van der Waals surface area contributed by atoms with Crippen LogP contribution in [-0.4, -0.2) is 54.8 Å². The highest BCUT2D eigenvalue weighted by molar-refractivity contribution is 6.39. The first-order valence-electron chi connectivity index (χ1n) is 8.46. The molecule has 7 heteroatoms. The lowest BCUT2D eigenvalue weighted by Crippen LogP contribution is -2.46. The van der Waals surface area contributed by atoms with Gasteiger partial charge in [-0.05, 0) is 30.4 Å². The van der Waals surface area contributed by atoms with Gasteiger partial charge in [0.15, 0.2) is 0 Å². The van der Waals surface area contributed by atoms with E-state index >= 15 is 0 Å². The molecule has 5 nitrogen and oxygen atoms in total. The van der Waals surface area contributed by atoms with Crippen LogP contribution in [0.5, 0.6) is 0 Å². The summed E-state index contributed by atoms with van der Waals surface area (Å²) in [5.74, 6) is 0.785. The minimum Gasteiger partial charge on any atom is -0.335 e. The zero-order chi connectivity index (χ0) is 18.6. The van der Waals surface area contributed by atoms with Gasteiger partial charge in [-0.1, -0.05) is 43.1 Å². The fraction of sp³-hybridized carbons (Fsp3) is 0.556. The van der Waals surface area contributed by atoms with Crippen molar-refractivity contribution >= 4 is 40.7 Å². The van der Waals surface area contributed by atoms with Gasteiger partial charge >= 0.3 is 0 Å². The van der Waals surface area contributed by atoms with Crippen LogP contribution in [0.15, 0.2) is 18.2 Å². The van der Waals surface area contributed by atoms with Crippen molar-refractivity contribution in [2.24, 2.45) is 11.8 Å². The highest BCUT2D eigenvalue weighted by Gasteiger charge is 2.25. The van der Waals surface area contributed by atoms with Gasteiger partial charge < -0.3 is 10.2 Å². The number of para-hydroxylation sites is 1. The van der Waals surface area contributed by atoms with E-state index in [1.807, 2.05) is 0 Å². The summed E-state index contributed by atoms with van der Waals surface area (Å²) in [5.41, 5.74) is 0.371. The lowest BCUT2D eigenvalue weighted by atomic mass is 9.92. The Morgan fingerprint density at radius 2 is 1.76 bits per heavy atom. The van der Waals surface area contributed by atoms with Crippen LogP contribution in [0.3, 0.4) is 0 Å². The minimum absolute atomic E-state index is 0.0423. The van der Waals surface area contributed by atoms with Crippen molar-refractivity contribution < 1.29 is 9.59 Å². The summed E-state index contributed by atoms with van der Waals surface area (Å²) in [6, 6.07) is 5.00. The number of piperidine rings is 1. The van der Waals surface area contributed by atoms with Crippen LogP contribution in [0.25, 0.3) is 0 Å². The van der Waals surface area contributed by atoms with Gasteiger partial charge in [-0.2, -0.15) is 0 Å². The molecule has 1 aliphatic rings. The first-order chi connectivity index (χ1) is 11.8. The summed E-state index contributed by atoms with van der Waals surface area (Å²) in [6.45, 7) is 6.55. The molecule has 2 rings (SSSR count). The molecule has 1 heterocycles. The van der Waals surface area contributed by atoms with E-state index in [2.05, 4.69) is 24.1 Å². The van der Waals surface area contributed by atoms with E-state index in [-0.39, 0.29) is 18.4 Å². The summed E-state index contributed by atoms with van der Waals surface area (Å²) in [6.07, 6.45) is 1.20. The van der Waals surface area contributed by atoms with Gasteiger partial charge in [0.2, 0.25) is 11.8 Å². The second-order valence-corrected chi connectivity index (χ2v) is 7.85. The molecule has 0 spiro atoms. The summed E-state index contributed by atoms with van der Waals surface area (Å²) >= 11 is 12.1. The highest BCUT2D eigenvalue weighted by Crippen LogP contribution is 2.29. The molecule has 1 N–H and O–H groups in total. The molecule has 1 aromatic rings. The van der Waals surface area contributed by atoms with Crippen molar-refractivity contribution in [3.8, 4) is 0 Å². The minimum atomic E-state index is -0.328. The van der Waals surface area contributed by atoms with E-state index in [0.717, 1.165) is 13.1 Å². The van der Waals surface area contributed by atoms with Crippen molar-refractivity contribution in [1.29, 1.82) is 0 Å². The van der Waals surface area contributed by atoms with Crippen LogP contribution in [0, 0.1) is 11.8 Å². The maximum atomic E-state index is 12.4. The Labute approximate surface area is 159 Å². The molecule has 138 valence electrons. The molecule has 2 unspecified atom stereocenters. The van der Waals surface area contributed by atoms with Crippen molar-refractivity contribution in [2.45, 2.75) is 20.3 Å². The van der Waals surface area contributed by atoms with E-state index in [4.69, 9.17) is 23.2 Å². The normalized spacial score (nSPS) is 21.0. The van der Waals surface area contributed by atoms with Gasteiger partial charge in [0.1, 0.15) is 0 Å². The van der Waals surface area contributed by atoms with Crippen LogP contribution in [0.2, 0.25) is 10.0 Å². The number of hydrogen-bond donors (Lipinski definition) is 1. The van der Waals surface area contributed by atoms with E-state index in [0.29, 0.717) is 34.1 Å². The second kappa shape index (κ2) is 8.88. The molecular weight excluding hydrogens is 361 g/mol. The van der Waals surface area contributed by atoms with Crippen LogP contribution < -0.4 is 5.32 Å². The number of carbonyl (C=O) groups is 2. The van der Waals surface area contributed by atoms with Crippen LogP contribution in [0.4, 0.5) is 5.69 Å². The number of likely N-dealkylation sites (tertiary alicyclic amines) is 1. The lowest BCUT2D eigenvalue weighted by Gasteiger charge is -2.35. The summed E-state index contributed by atoms with van der Waals surface area (Å²) in [7, 11) is 1.63. The molecular formula is C18H25Cl2N3O2. The number of hydrogen-bond acceptors (Lipinski definition) is 3. The second-order valence-electron chi connectivity index (χ2n) is 7.03. The van der Waals surface area contributed by atoms with E-state index in [1.54, 1.807) is 25.2 Å². The summed E-state index contributed by atoms with van der Waals surface area (Å²) in [5, 5.41) is 3.41. The molecule has 2 amide bonds. The highest BCUT2D eigenvalue weighted by atomic mass is 35.5. The number of anilines is 1. The molecule has 25 heavy (non-hydrogen) atoms. The van der Waals surface area contributed by atoms with Crippen LogP contribution >= 0.6 is 23.2 Å². The SMILES string of the molecule is CC1CC(C)CN(CC(=O)N(C)CC(=O)Nc2c(Cl)cccc2Cl)C1. The number of likely N-dealkylation sites (N-methyl/N-ethyl adjacent to an activating group) is 1. The molecule has 1 aliphatic heterocycles. The van der Waals surface area contributed by atoms with E-state index < -0.39 is 0 Å². The number of nitrogens with one attached hydrogen (secondary N) is 1. The molecule has 2 atom stereocenters. The summed E-state index contributed by atoms with van der Waals surface area (Å²) < 4.78 is 0. The quantitative estimate of drug-likeness (QED) is 0.844. The lowest BCUT2D eigenvalue weighted by molar-refractivity contribution is -0.134. The topological polar surface area (TPSA) is 52.7 Å². The number of halogens is 2. The Kier molecular flexibility index (Phi) is 7.11. The summed E-state index contributed by atoms with van der Waals surface area (Å²) in [4.78, 5) is 28.2. The van der Waals surface area contributed by atoms with Crippen molar-refractivity contribution in [3.63, 3.8) is 0 Å². The Morgan fingerprint density at radius 3 is 2.32 bits per heavy atom. The largest absolute Gasteiger partial charge is 0.335 e. The standard InChI is InChI=1S/C18H25Cl2N3O2/c1-12-7-13(2)9-23(8-12)11-17(25)22(3)10-16(24)21-18-14(19)5-4-6-15(18)20/h4-6,12-13H,7-11H2,1-3H3,(H,21,24). The first-order valence-corrected chi connectivity index (χ1v) is 9.22. The number of nitrogens with zero attached hydrogens (tertiary/aromatic N) is 2. The average molecular weight is 386 g/mol. The molecule has 1 aromatic carbocycles. The predicted molar refractivity (Wildman–Crippen MR) is 102 cm³/mol. The Balaban J connectivity index is 1.87. The van der Waals surface area contributed by atoms with Gasteiger partial charge in [-0.3, -0.25) is 14.5 Å². The number of rotatable bonds is 5. The average Bonchev–Trinajstić information content (AvgIpc) is 2.50. The van der Waals surface area contributed by atoms with Gasteiger partial charge in [0.05, 0.1) is 28.8 Å². The Hall–Kier alpha value is -1.30. The van der Waals surface area contributed by atoms with E-state index in [1.165, 1.54) is 11.3 Å². The third-order valence-electron chi connectivity index (χ3n) is 4.34. The molecule has 0 aromatic heterocycles. The van der Waals surface area contributed by atoms with Crippen molar-refractivity contribution in [3.05, 3.63) is 28.2 Å². The maximum absolute atomic E-state index is 12.4. The van der Waals surface area contributed by atoms with Crippen LogP contribution in [0.1, 0.15) is 20.3 Å². The maximum Gasteiger partial charge on any atom is 0.244 e. The fourth-order valence-electron chi connectivity index (χ4n) is 3.33. The van der Waals surface area contributed by atoms with Gasteiger partial charge in [-0.15, -0.1) is 0 Å². The number of amides is 2. The zero-order valence-corrected chi connectivity index (χ0v) is 16.4. The van der Waals surface area contributed by atoms with Gasteiger partial charge in [0, 0.05) is 20.1 Å². The third kappa shape index (κ3) is 5.87. The predicted octanol–water partition coefficient (Wildman–Crippen LogP) is 3.37. The van der Waals surface area contributed by atoms with Crippen LogP contribution in [-0.2, 0) is 9.59 Å². The molecule has 0 radical (unpaired) electrons. The van der Waals surface area contributed by atoms with Crippen molar-refractivity contribution in [1.82, 2.24) is 9.80 Å². The third-order valence-corrected chi connectivity index (χ3v) is 4.97.